The van der Waals surface area contributed by atoms with E-state index >= 15 is 0 Å². The molecule has 0 fully saturated rings. The van der Waals surface area contributed by atoms with E-state index in [0.717, 1.165) is 5.76 Å². The molecule has 0 spiro atoms. The number of hydrogen-bond donors (Lipinski definition) is 0. The van der Waals surface area contributed by atoms with Gasteiger partial charge in [-0.3, -0.25) is 0 Å². The number of ether oxygens (including phenoxy) is 1. The van der Waals surface area contributed by atoms with Crippen molar-refractivity contribution in [1.29, 1.82) is 0 Å². The van der Waals surface area contributed by atoms with Crippen LogP contribution in [0.2, 0.25) is 0 Å². The molecular weight excluding hydrogens is 488 g/mol. The third-order valence-electron chi connectivity index (χ3n) is 2.78. The summed E-state index contributed by atoms with van der Waals surface area (Å²) in [5, 5.41) is 0. The van der Waals surface area contributed by atoms with Crippen LogP contribution in [0.15, 0.2) is 65.6 Å². The molecule has 18 heavy (non-hydrogen) atoms. The Labute approximate surface area is 136 Å². The van der Waals surface area contributed by atoms with E-state index in [1.54, 1.807) is 0 Å². The maximum atomic E-state index is 6.35. The van der Waals surface area contributed by atoms with Crippen molar-refractivity contribution in [1.82, 2.24) is 0 Å². The summed E-state index contributed by atoms with van der Waals surface area (Å²) >= 11 is 5.06. The van der Waals surface area contributed by atoms with Crippen molar-refractivity contribution in [2.24, 2.45) is 0 Å². The Morgan fingerprint density at radius 2 is 1.89 bits per heavy atom. The first-order chi connectivity index (χ1) is 8.69. The molecule has 3 rings (SSSR count). The van der Waals surface area contributed by atoms with E-state index in [2.05, 4.69) is 78.4 Å². The summed E-state index contributed by atoms with van der Waals surface area (Å²) in [6, 6.07) is 0. The van der Waals surface area contributed by atoms with E-state index in [-0.39, 0.29) is 34.4 Å². The van der Waals surface area contributed by atoms with Crippen molar-refractivity contribution in [3.63, 3.8) is 0 Å². The molecule has 0 aromatic rings. The van der Waals surface area contributed by atoms with Crippen LogP contribution in [-0.4, -0.2) is 66.4 Å². The maximum absolute atomic E-state index is 6.35. The molecule has 0 amide bonds. The quantitative estimate of drug-likeness (QED) is 0.461. The van der Waals surface area contributed by atoms with Crippen molar-refractivity contribution in [2.75, 3.05) is 0 Å². The Hall–Kier alpha value is 0.318. The zero-order chi connectivity index (χ0) is 12.6. The minimum absolute atomic E-state index is 0.144. The molecule has 3 heterocycles. The van der Waals surface area contributed by atoms with Gasteiger partial charge in [0.1, 0.15) is 0 Å². The summed E-state index contributed by atoms with van der Waals surface area (Å²) in [5.74, 6) is 1.09. The Bertz CT molecular complexity index is 566. The molecule has 96 valence electrons. The molecule has 0 saturated heterocycles. The average Bonchev–Trinajstić information content (AvgIpc) is 3.04. The molecule has 3 aliphatic rings. The second kappa shape index (κ2) is 5.36. The predicted molar refractivity (Wildman–Crippen MR) is 85.8 cm³/mol. The zero-order valence-electron chi connectivity index (χ0n) is 9.42. The molecule has 0 aromatic heterocycles. The number of hydrogen-bond acceptors (Lipinski definition) is 1. The van der Waals surface area contributed by atoms with Crippen LogP contribution in [0.1, 0.15) is 0 Å². The SMILES string of the molecule is [SeH]C1=C(C2=CC=C[SeH2]2)OC([SeH])(C2=CC=C[SeH2]2)C=C1. The molecule has 0 radical (unpaired) electrons. The molecule has 0 aliphatic carbocycles. The van der Waals surface area contributed by atoms with Crippen molar-refractivity contribution in [3.05, 3.63) is 65.6 Å². The first kappa shape index (κ1) is 13.3. The molecular formula is C13H14OSe4. The van der Waals surface area contributed by atoms with Gasteiger partial charge in [0.15, 0.2) is 0 Å². The van der Waals surface area contributed by atoms with E-state index in [4.69, 9.17) is 4.74 Å². The Balaban J connectivity index is 1.90. The molecule has 1 atom stereocenters. The Morgan fingerprint density at radius 1 is 1.11 bits per heavy atom. The summed E-state index contributed by atoms with van der Waals surface area (Å²) in [7, 11) is 0. The summed E-state index contributed by atoms with van der Waals surface area (Å²) in [5.41, 5.74) is 0. The number of allylic oxidation sites excluding steroid dienone is 7. The third kappa shape index (κ3) is 2.48. The monoisotopic (exact) mass is 506 g/mol. The summed E-state index contributed by atoms with van der Waals surface area (Å²) in [4.78, 5) is 4.59. The van der Waals surface area contributed by atoms with Gasteiger partial charge in [-0.15, -0.1) is 0 Å². The molecule has 1 nitrogen and oxygen atoms in total. The minimum atomic E-state index is -0.287. The van der Waals surface area contributed by atoms with Crippen LogP contribution < -0.4 is 0 Å². The van der Waals surface area contributed by atoms with Gasteiger partial charge in [0.25, 0.3) is 0 Å². The normalized spacial score (nSPS) is 34.1. The van der Waals surface area contributed by atoms with Gasteiger partial charge in [0, 0.05) is 0 Å². The van der Waals surface area contributed by atoms with Gasteiger partial charge in [-0.05, 0) is 0 Å². The summed E-state index contributed by atoms with van der Waals surface area (Å²) in [6.07, 6.45) is 13.1. The van der Waals surface area contributed by atoms with Crippen molar-refractivity contribution >= 4 is 61.9 Å². The Kier molecular flexibility index (Phi) is 3.97. The van der Waals surface area contributed by atoms with Gasteiger partial charge in [0.05, 0.1) is 0 Å². The van der Waals surface area contributed by atoms with E-state index < -0.39 is 0 Å². The topological polar surface area (TPSA) is 9.23 Å². The van der Waals surface area contributed by atoms with E-state index in [1.165, 1.54) is 13.4 Å². The zero-order valence-corrected chi connectivity index (χ0v) is 17.4. The van der Waals surface area contributed by atoms with Crippen LogP contribution in [-0.2, 0) is 4.74 Å². The van der Waals surface area contributed by atoms with Crippen molar-refractivity contribution < 1.29 is 4.74 Å². The van der Waals surface area contributed by atoms with Crippen LogP contribution in [0.4, 0.5) is 0 Å². The second-order valence-corrected chi connectivity index (χ2v) is 11.3. The molecule has 0 bridgehead atoms. The van der Waals surface area contributed by atoms with Crippen LogP contribution in [0.5, 0.6) is 0 Å². The molecule has 1 unspecified atom stereocenters. The van der Waals surface area contributed by atoms with Gasteiger partial charge < -0.3 is 0 Å². The second-order valence-electron chi connectivity index (χ2n) is 4.01. The van der Waals surface area contributed by atoms with Crippen LogP contribution in [0.3, 0.4) is 0 Å². The average molecular weight is 502 g/mol. The standard InChI is InChI=1S/C13H14OSe4/c15-9-5-6-13(16,11-4-2-8-18-11)14-12(9)10-3-1-7-17-10/h1-8,15-16H,17-18H2. The van der Waals surface area contributed by atoms with Gasteiger partial charge in [-0.2, -0.15) is 0 Å². The first-order valence-electron chi connectivity index (χ1n) is 5.50. The van der Waals surface area contributed by atoms with E-state index in [9.17, 15) is 0 Å². The fourth-order valence-electron chi connectivity index (χ4n) is 1.87. The van der Waals surface area contributed by atoms with Crippen LogP contribution in [0.25, 0.3) is 0 Å². The summed E-state index contributed by atoms with van der Waals surface area (Å²) in [6.45, 7) is 0. The molecule has 0 N–H and O–H groups in total. The predicted octanol–water partition coefficient (Wildman–Crippen LogP) is -0.558. The van der Waals surface area contributed by atoms with E-state index in [1.807, 2.05) is 0 Å². The fraction of sp³-hybridized carbons (Fsp3) is 0.0769. The molecule has 0 aromatic carbocycles. The van der Waals surface area contributed by atoms with Crippen LogP contribution >= 0.6 is 0 Å². The molecule has 0 saturated carbocycles. The molecule has 3 aliphatic heterocycles. The Morgan fingerprint density at radius 3 is 2.56 bits per heavy atom. The van der Waals surface area contributed by atoms with Gasteiger partial charge in [0.2, 0.25) is 0 Å². The van der Waals surface area contributed by atoms with Gasteiger partial charge in [-0.1, -0.05) is 0 Å². The van der Waals surface area contributed by atoms with Gasteiger partial charge >= 0.3 is 137 Å². The van der Waals surface area contributed by atoms with E-state index in [0.29, 0.717) is 0 Å². The van der Waals surface area contributed by atoms with Crippen LogP contribution in [0, 0.1) is 0 Å². The number of rotatable bonds is 2. The van der Waals surface area contributed by atoms with Gasteiger partial charge in [-0.25, -0.2) is 0 Å². The molecule has 5 heteroatoms. The summed E-state index contributed by atoms with van der Waals surface area (Å²) < 4.78 is 10.1. The third-order valence-corrected chi connectivity index (χ3v) is 10.3. The van der Waals surface area contributed by atoms with Crippen molar-refractivity contribution in [3.8, 4) is 0 Å². The van der Waals surface area contributed by atoms with Crippen molar-refractivity contribution in [2.45, 2.75) is 4.50 Å². The fourth-order valence-corrected chi connectivity index (χ4v) is 7.81. The first-order valence-corrected chi connectivity index (χ1v) is 11.9.